The van der Waals surface area contributed by atoms with E-state index in [1.807, 2.05) is 0 Å². The minimum absolute atomic E-state index is 0.00986. The molecule has 2 aromatic carbocycles. The monoisotopic (exact) mass is 408 g/mol. The Hall–Kier alpha value is -2.03. The van der Waals surface area contributed by atoms with Crippen molar-refractivity contribution < 1.29 is 12.8 Å². The first-order valence-electron chi connectivity index (χ1n) is 6.77. The number of rotatable bonds is 3. The van der Waals surface area contributed by atoms with E-state index in [1.165, 1.54) is 24.3 Å². The van der Waals surface area contributed by atoms with E-state index in [1.54, 1.807) is 28.9 Å². The van der Waals surface area contributed by atoms with Crippen LogP contribution in [-0.2, 0) is 10.0 Å². The first-order chi connectivity index (χ1) is 11.3. The zero-order chi connectivity index (χ0) is 17.5. The normalized spacial score (nSPS) is 11.7. The van der Waals surface area contributed by atoms with Gasteiger partial charge in [-0.05, 0) is 71.4 Å². The fourth-order valence-corrected chi connectivity index (χ4v) is 3.26. The van der Waals surface area contributed by atoms with Crippen LogP contribution in [-0.4, -0.2) is 18.2 Å². The van der Waals surface area contributed by atoms with Crippen molar-refractivity contribution in [2.75, 3.05) is 0 Å². The molecule has 0 aliphatic rings. The molecule has 3 rings (SSSR count). The van der Waals surface area contributed by atoms with Gasteiger partial charge in [0.05, 0.1) is 26.4 Å². The summed E-state index contributed by atoms with van der Waals surface area (Å²) in [7, 11) is -3.76. The van der Waals surface area contributed by atoms with Crippen LogP contribution in [0.4, 0.5) is 4.39 Å². The minimum Gasteiger partial charge on any atom is -0.232 e. The molecule has 0 fully saturated rings. The van der Waals surface area contributed by atoms with Gasteiger partial charge in [0.25, 0.3) is 0 Å². The summed E-state index contributed by atoms with van der Waals surface area (Å²) < 4.78 is 38.2. The Morgan fingerprint density at radius 2 is 1.67 bits per heavy atom. The molecule has 0 aliphatic heterocycles. The molecule has 0 amide bonds. The van der Waals surface area contributed by atoms with E-state index in [2.05, 4.69) is 28.0 Å². The Morgan fingerprint density at radius 1 is 1.08 bits per heavy atom. The molecule has 3 aromatic rings. The molecule has 0 unspecified atom stereocenters. The van der Waals surface area contributed by atoms with Gasteiger partial charge in [-0.25, -0.2) is 22.6 Å². The molecular formula is C16H12BrFN3O2S. The number of hydrogen-bond donors (Lipinski definition) is 1. The highest BCUT2D eigenvalue weighted by Crippen LogP contribution is 2.33. The molecule has 123 valence electrons. The summed E-state index contributed by atoms with van der Waals surface area (Å²) in [6, 6.07) is 11.9. The molecule has 1 heterocycles. The van der Waals surface area contributed by atoms with Crippen LogP contribution >= 0.6 is 15.9 Å². The standard InChI is InChI=1S/C16H12BrFN3O2S/c1-10-15(17)16(11-2-4-12(18)5-3-11)21(20-10)13-6-8-14(9-7-13)24(19,22)23/h2-9H,1H2,(H2,19,22,23). The molecule has 0 bridgehead atoms. The second-order valence-electron chi connectivity index (χ2n) is 5.07. The lowest BCUT2D eigenvalue weighted by Gasteiger charge is -2.09. The van der Waals surface area contributed by atoms with Gasteiger partial charge in [-0.3, -0.25) is 0 Å². The molecule has 0 saturated carbocycles. The average Bonchev–Trinajstić information content (AvgIpc) is 2.83. The third-order valence-corrected chi connectivity index (χ3v) is 5.18. The van der Waals surface area contributed by atoms with Crippen molar-refractivity contribution in [3.8, 4) is 16.9 Å². The van der Waals surface area contributed by atoms with Gasteiger partial charge in [-0.2, -0.15) is 5.10 Å². The van der Waals surface area contributed by atoms with Crippen LogP contribution in [0, 0.1) is 12.7 Å². The van der Waals surface area contributed by atoms with Crippen molar-refractivity contribution in [1.82, 2.24) is 9.78 Å². The molecule has 0 saturated heterocycles. The van der Waals surface area contributed by atoms with Crippen molar-refractivity contribution in [3.05, 3.63) is 71.4 Å². The highest BCUT2D eigenvalue weighted by atomic mass is 79.9. The molecule has 1 radical (unpaired) electrons. The molecule has 24 heavy (non-hydrogen) atoms. The zero-order valence-corrected chi connectivity index (χ0v) is 14.7. The smallest absolute Gasteiger partial charge is 0.232 e. The summed E-state index contributed by atoms with van der Waals surface area (Å²) in [5, 5.41) is 9.46. The molecule has 2 N–H and O–H groups in total. The molecule has 1 aromatic heterocycles. The van der Waals surface area contributed by atoms with Crippen LogP contribution in [0.5, 0.6) is 0 Å². The number of aromatic nitrogens is 2. The molecular weight excluding hydrogens is 397 g/mol. The fourth-order valence-electron chi connectivity index (χ4n) is 2.26. The number of benzene rings is 2. The molecule has 0 aliphatic carbocycles. The van der Waals surface area contributed by atoms with Crippen LogP contribution in [0.1, 0.15) is 5.69 Å². The Labute approximate surface area is 147 Å². The third-order valence-electron chi connectivity index (χ3n) is 3.42. The van der Waals surface area contributed by atoms with Crippen molar-refractivity contribution >= 4 is 26.0 Å². The number of primary sulfonamides is 1. The maximum atomic E-state index is 13.2. The van der Waals surface area contributed by atoms with Crippen molar-refractivity contribution in [3.63, 3.8) is 0 Å². The Morgan fingerprint density at radius 3 is 2.21 bits per heavy atom. The maximum absolute atomic E-state index is 13.2. The van der Waals surface area contributed by atoms with Crippen LogP contribution < -0.4 is 5.14 Å². The Kier molecular flexibility index (Phi) is 4.29. The van der Waals surface area contributed by atoms with Crippen LogP contribution in [0.25, 0.3) is 16.9 Å². The number of halogens is 2. The van der Waals surface area contributed by atoms with Crippen molar-refractivity contribution in [1.29, 1.82) is 0 Å². The number of hydrogen-bond acceptors (Lipinski definition) is 3. The van der Waals surface area contributed by atoms with E-state index in [-0.39, 0.29) is 10.7 Å². The van der Waals surface area contributed by atoms with Crippen molar-refractivity contribution in [2.45, 2.75) is 4.90 Å². The van der Waals surface area contributed by atoms with Crippen molar-refractivity contribution in [2.24, 2.45) is 5.14 Å². The molecule has 5 nitrogen and oxygen atoms in total. The summed E-state index contributed by atoms with van der Waals surface area (Å²) in [4.78, 5) is 0.00986. The lowest BCUT2D eigenvalue weighted by molar-refractivity contribution is 0.597. The quantitative estimate of drug-likeness (QED) is 0.721. The van der Waals surface area contributed by atoms with Crippen LogP contribution in [0.3, 0.4) is 0 Å². The first-order valence-corrected chi connectivity index (χ1v) is 9.11. The summed E-state index contributed by atoms with van der Waals surface area (Å²) in [6.07, 6.45) is 0. The van der Waals surface area contributed by atoms with Crippen LogP contribution in [0.2, 0.25) is 0 Å². The number of nitrogens with zero attached hydrogens (tertiary/aromatic N) is 2. The van der Waals surface area contributed by atoms with Gasteiger partial charge in [0.1, 0.15) is 5.82 Å². The molecule has 0 atom stereocenters. The second kappa shape index (κ2) is 6.12. The zero-order valence-electron chi connectivity index (χ0n) is 12.3. The van der Waals surface area contributed by atoms with Gasteiger partial charge in [0.15, 0.2) is 0 Å². The molecule has 8 heteroatoms. The second-order valence-corrected chi connectivity index (χ2v) is 7.42. The van der Waals surface area contributed by atoms with Gasteiger partial charge >= 0.3 is 0 Å². The minimum atomic E-state index is -3.76. The van der Waals surface area contributed by atoms with E-state index in [0.717, 1.165) is 5.56 Å². The highest BCUT2D eigenvalue weighted by molar-refractivity contribution is 9.10. The summed E-state index contributed by atoms with van der Waals surface area (Å²) in [5.41, 5.74) is 2.55. The van der Waals surface area contributed by atoms with Gasteiger partial charge in [-0.15, -0.1) is 0 Å². The SMILES string of the molecule is [CH2]c1nn(-c2ccc(S(N)(=O)=O)cc2)c(-c2ccc(F)cc2)c1Br. The third kappa shape index (κ3) is 3.12. The maximum Gasteiger partial charge on any atom is 0.238 e. The van der Waals surface area contributed by atoms with E-state index in [9.17, 15) is 12.8 Å². The largest absolute Gasteiger partial charge is 0.238 e. The van der Waals surface area contributed by atoms with Gasteiger partial charge < -0.3 is 0 Å². The lowest BCUT2D eigenvalue weighted by Crippen LogP contribution is -2.12. The number of nitrogens with two attached hydrogens (primary N) is 1. The average molecular weight is 409 g/mol. The van der Waals surface area contributed by atoms with E-state index >= 15 is 0 Å². The van der Waals surface area contributed by atoms with E-state index in [0.29, 0.717) is 21.5 Å². The highest BCUT2D eigenvalue weighted by Gasteiger charge is 2.17. The number of sulfonamides is 1. The predicted molar refractivity (Wildman–Crippen MR) is 92.5 cm³/mol. The predicted octanol–water partition coefficient (Wildman–Crippen LogP) is 3.27. The topological polar surface area (TPSA) is 78.0 Å². The Balaban J connectivity index is 2.15. The van der Waals surface area contributed by atoms with Crippen LogP contribution in [0.15, 0.2) is 57.9 Å². The van der Waals surface area contributed by atoms with Gasteiger partial charge in [0, 0.05) is 5.56 Å². The lowest BCUT2D eigenvalue weighted by atomic mass is 10.1. The summed E-state index contributed by atoms with van der Waals surface area (Å²) in [6.45, 7) is 3.86. The van der Waals surface area contributed by atoms with E-state index in [4.69, 9.17) is 5.14 Å². The van der Waals surface area contributed by atoms with Gasteiger partial charge in [-0.1, -0.05) is 0 Å². The Bertz CT molecular complexity index is 997. The summed E-state index contributed by atoms with van der Waals surface area (Å²) >= 11 is 3.44. The fraction of sp³-hybridized carbons (Fsp3) is 0. The van der Waals surface area contributed by atoms with E-state index < -0.39 is 10.0 Å². The first kappa shape index (κ1) is 16.8. The summed E-state index contributed by atoms with van der Waals surface area (Å²) in [5.74, 6) is -0.340. The molecule has 0 spiro atoms. The van der Waals surface area contributed by atoms with Gasteiger partial charge in [0.2, 0.25) is 10.0 Å².